The Labute approximate surface area is 194 Å². The molecule has 0 aliphatic carbocycles. The molecule has 178 valence electrons. The second-order valence-corrected chi connectivity index (χ2v) is 9.61. The molecule has 0 spiro atoms. The molecule has 0 bridgehead atoms. The van der Waals surface area contributed by atoms with Crippen LogP contribution in [0.1, 0.15) is 24.0 Å². The number of benzene rings is 2. The van der Waals surface area contributed by atoms with Gasteiger partial charge in [-0.05, 0) is 31.9 Å². The first-order valence-corrected chi connectivity index (χ1v) is 11.9. The van der Waals surface area contributed by atoms with Gasteiger partial charge in [-0.2, -0.15) is 9.41 Å². The third-order valence-electron chi connectivity index (χ3n) is 5.61. The van der Waals surface area contributed by atoms with Crippen LogP contribution >= 0.6 is 0 Å². The van der Waals surface area contributed by atoms with Crippen LogP contribution in [0.25, 0.3) is 0 Å². The number of piperidine rings is 1. The number of hydrogen-bond donors (Lipinski definition) is 1. The van der Waals surface area contributed by atoms with E-state index in [1.54, 1.807) is 43.5 Å². The number of rotatable bonds is 8. The molecule has 33 heavy (non-hydrogen) atoms. The standard InChI is InChI=1S/C23H29N3O6S/c1-16-5-7-19(8-6-16)33(28,29)26-11-9-17(10-12-26)23(27)25-24-15-20-21(31-3)13-18(30-2)14-22(20)32-4/h5-8,13-15,17H,9-12H2,1-4H3,(H,25,27)/b24-15+. The van der Waals surface area contributed by atoms with Crippen LogP contribution in [0.3, 0.4) is 0 Å². The van der Waals surface area contributed by atoms with Crippen LogP contribution in [0.15, 0.2) is 46.4 Å². The minimum Gasteiger partial charge on any atom is -0.496 e. The highest BCUT2D eigenvalue weighted by molar-refractivity contribution is 7.89. The maximum absolute atomic E-state index is 12.8. The molecule has 1 aliphatic heterocycles. The molecule has 1 saturated heterocycles. The summed E-state index contributed by atoms with van der Waals surface area (Å²) < 4.78 is 43.1. The minimum absolute atomic E-state index is 0.259. The van der Waals surface area contributed by atoms with E-state index >= 15 is 0 Å². The van der Waals surface area contributed by atoms with Crippen LogP contribution in [-0.4, -0.2) is 59.3 Å². The van der Waals surface area contributed by atoms with E-state index in [0.29, 0.717) is 35.7 Å². The Bertz CT molecular complexity index is 1080. The van der Waals surface area contributed by atoms with Gasteiger partial charge in [-0.25, -0.2) is 13.8 Å². The van der Waals surface area contributed by atoms with Crippen LogP contribution in [0, 0.1) is 12.8 Å². The third-order valence-corrected chi connectivity index (χ3v) is 7.52. The predicted molar refractivity (Wildman–Crippen MR) is 124 cm³/mol. The van der Waals surface area contributed by atoms with Crippen molar-refractivity contribution in [2.45, 2.75) is 24.7 Å². The van der Waals surface area contributed by atoms with Crippen molar-refractivity contribution in [3.05, 3.63) is 47.5 Å². The molecule has 0 saturated carbocycles. The fraction of sp³-hybridized carbons (Fsp3) is 0.391. The number of methoxy groups -OCH3 is 3. The maximum Gasteiger partial charge on any atom is 0.243 e. The number of ether oxygens (including phenoxy) is 3. The molecular weight excluding hydrogens is 446 g/mol. The molecule has 0 unspecified atom stereocenters. The summed E-state index contributed by atoms with van der Waals surface area (Å²) in [5.41, 5.74) is 4.09. The fourth-order valence-electron chi connectivity index (χ4n) is 3.63. The topological polar surface area (TPSA) is 107 Å². The van der Waals surface area contributed by atoms with Crippen LogP contribution < -0.4 is 19.6 Å². The van der Waals surface area contributed by atoms with E-state index in [0.717, 1.165) is 5.56 Å². The molecule has 1 N–H and O–H groups in total. The first kappa shape index (κ1) is 24.5. The zero-order valence-electron chi connectivity index (χ0n) is 19.2. The predicted octanol–water partition coefficient (Wildman–Crippen LogP) is 2.57. The van der Waals surface area contributed by atoms with Gasteiger partial charge in [0.25, 0.3) is 0 Å². The molecule has 0 aromatic heterocycles. The second kappa shape index (κ2) is 10.7. The summed E-state index contributed by atoms with van der Waals surface area (Å²) >= 11 is 0. The Morgan fingerprint density at radius 3 is 2.12 bits per heavy atom. The first-order chi connectivity index (χ1) is 15.8. The lowest BCUT2D eigenvalue weighted by atomic mass is 9.98. The van der Waals surface area contributed by atoms with Crippen LogP contribution in [-0.2, 0) is 14.8 Å². The molecule has 2 aromatic rings. The van der Waals surface area contributed by atoms with Crippen LogP contribution in [0.4, 0.5) is 0 Å². The monoisotopic (exact) mass is 475 g/mol. The largest absolute Gasteiger partial charge is 0.496 e. The number of amides is 1. The van der Waals surface area contributed by atoms with E-state index in [-0.39, 0.29) is 29.8 Å². The summed E-state index contributed by atoms with van der Waals surface area (Å²) in [5.74, 6) is 0.950. The van der Waals surface area contributed by atoms with Gasteiger partial charge in [0.1, 0.15) is 17.2 Å². The van der Waals surface area contributed by atoms with Gasteiger partial charge < -0.3 is 14.2 Å². The van der Waals surface area contributed by atoms with E-state index in [1.807, 2.05) is 6.92 Å². The van der Waals surface area contributed by atoms with Gasteiger partial charge in [0.2, 0.25) is 15.9 Å². The average Bonchev–Trinajstić information content (AvgIpc) is 2.84. The van der Waals surface area contributed by atoms with E-state index in [1.165, 1.54) is 24.7 Å². The lowest BCUT2D eigenvalue weighted by Crippen LogP contribution is -2.42. The molecule has 10 heteroatoms. The smallest absolute Gasteiger partial charge is 0.243 e. The van der Waals surface area contributed by atoms with Crippen molar-refractivity contribution in [1.29, 1.82) is 0 Å². The Morgan fingerprint density at radius 2 is 1.61 bits per heavy atom. The zero-order chi connectivity index (χ0) is 24.0. The molecule has 1 aliphatic rings. The number of carbonyl (C=O) groups excluding carboxylic acids is 1. The van der Waals surface area contributed by atoms with Gasteiger partial charge in [-0.15, -0.1) is 0 Å². The summed E-state index contributed by atoms with van der Waals surface area (Å²) in [4.78, 5) is 12.9. The van der Waals surface area contributed by atoms with E-state index in [9.17, 15) is 13.2 Å². The van der Waals surface area contributed by atoms with Crippen molar-refractivity contribution in [2.75, 3.05) is 34.4 Å². The molecule has 0 radical (unpaired) electrons. The zero-order valence-corrected chi connectivity index (χ0v) is 20.0. The van der Waals surface area contributed by atoms with Crippen LogP contribution in [0.2, 0.25) is 0 Å². The number of hydrogen-bond acceptors (Lipinski definition) is 7. The first-order valence-electron chi connectivity index (χ1n) is 10.5. The number of sulfonamides is 1. The Kier molecular flexibility index (Phi) is 7.93. The Morgan fingerprint density at radius 1 is 1.03 bits per heavy atom. The van der Waals surface area contributed by atoms with Crippen molar-refractivity contribution in [1.82, 2.24) is 9.73 Å². The summed E-state index contributed by atoms with van der Waals surface area (Å²) in [6.45, 7) is 2.46. The van der Waals surface area contributed by atoms with Gasteiger partial charge in [0, 0.05) is 31.1 Å². The normalized spacial score (nSPS) is 15.4. The summed E-state index contributed by atoms with van der Waals surface area (Å²) in [6.07, 6.45) is 2.29. The highest BCUT2D eigenvalue weighted by Gasteiger charge is 2.32. The van der Waals surface area contributed by atoms with Gasteiger partial charge in [0.05, 0.1) is 38.0 Å². The molecule has 3 rings (SSSR count). The van der Waals surface area contributed by atoms with Crippen LogP contribution in [0.5, 0.6) is 17.2 Å². The van der Waals surface area contributed by atoms with Crippen molar-refractivity contribution >= 4 is 22.1 Å². The molecule has 9 nitrogen and oxygen atoms in total. The van der Waals surface area contributed by atoms with E-state index in [2.05, 4.69) is 10.5 Å². The van der Waals surface area contributed by atoms with E-state index in [4.69, 9.17) is 14.2 Å². The van der Waals surface area contributed by atoms with E-state index < -0.39 is 10.0 Å². The summed E-state index contributed by atoms with van der Waals surface area (Å²) in [6, 6.07) is 10.2. The number of nitrogens with zero attached hydrogens (tertiary/aromatic N) is 2. The maximum atomic E-state index is 12.8. The molecule has 1 amide bonds. The van der Waals surface area contributed by atoms with Crippen molar-refractivity contribution in [3.8, 4) is 17.2 Å². The van der Waals surface area contributed by atoms with Crippen molar-refractivity contribution in [2.24, 2.45) is 11.0 Å². The average molecular weight is 476 g/mol. The number of carbonyl (C=O) groups is 1. The second-order valence-electron chi connectivity index (χ2n) is 7.67. The number of nitrogens with one attached hydrogen (secondary N) is 1. The molecular formula is C23H29N3O6S. The minimum atomic E-state index is -3.57. The Balaban J connectivity index is 1.61. The van der Waals surface area contributed by atoms with Gasteiger partial charge in [-0.1, -0.05) is 17.7 Å². The number of aryl methyl sites for hydroxylation is 1. The van der Waals surface area contributed by atoms with Crippen molar-refractivity contribution < 1.29 is 27.4 Å². The fourth-order valence-corrected chi connectivity index (χ4v) is 5.10. The highest BCUT2D eigenvalue weighted by Crippen LogP contribution is 2.32. The molecule has 2 aromatic carbocycles. The summed E-state index contributed by atoms with van der Waals surface area (Å²) in [7, 11) is 1.01. The molecule has 1 fully saturated rings. The Hall–Kier alpha value is -3.11. The van der Waals surface area contributed by atoms with Gasteiger partial charge in [0.15, 0.2) is 0 Å². The summed E-state index contributed by atoms with van der Waals surface area (Å²) in [5, 5.41) is 4.06. The molecule has 0 atom stereocenters. The lowest BCUT2D eigenvalue weighted by molar-refractivity contribution is -0.126. The SMILES string of the molecule is COc1cc(OC)c(/C=N/NC(=O)C2CCN(S(=O)(=O)c3ccc(C)cc3)CC2)c(OC)c1. The molecule has 1 heterocycles. The quantitative estimate of drug-likeness (QED) is 0.465. The van der Waals surface area contributed by atoms with Crippen molar-refractivity contribution in [3.63, 3.8) is 0 Å². The lowest BCUT2D eigenvalue weighted by Gasteiger charge is -2.30. The van der Waals surface area contributed by atoms with Gasteiger partial charge >= 0.3 is 0 Å². The number of hydrazone groups is 1. The van der Waals surface area contributed by atoms with Gasteiger partial charge in [-0.3, -0.25) is 4.79 Å². The third kappa shape index (κ3) is 5.63. The highest BCUT2D eigenvalue weighted by atomic mass is 32.2.